The smallest absolute Gasteiger partial charge is 0.223 e. The molecule has 3 atom stereocenters. The maximum atomic E-state index is 11.3. The molecule has 2 aliphatic rings. The molecule has 2 heteroatoms. The minimum absolute atomic E-state index is 0.0449. The van der Waals surface area contributed by atoms with Crippen LogP contribution < -0.4 is 5.73 Å². The van der Waals surface area contributed by atoms with Gasteiger partial charge in [0.1, 0.15) is 0 Å². The zero-order valence-electron chi connectivity index (χ0n) is 7.68. The highest BCUT2D eigenvalue weighted by Crippen LogP contribution is 2.52. The lowest BCUT2D eigenvalue weighted by molar-refractivity contribution is -0.129. The Morgan fingerprint density at radius 3 is 2.92 bits per heavy atom. The minimum atomic E-state index is -0.0949. The lowest BCUT2D eigenvalue weighted by Crippen LogP contribution is -2.38. The van der Waals surface area contributed by atoms with Crippen LogP contribution in [0.25, 0.3) is 0 Å². The van der Waals surface area contributed by atoms with E-state index in [4.69, 9.17) is 5.73 Å². The molecular formula is C10H17NO. The van der Waals surface area contributed by atoms with Crippen LogP contribution >= 0.6 is 0 Å². The molecule has 68 valence electrons. The molecule has 2 saturated carbocycles. The lowest BCUT2D eigenvalue weighted by atomic mass is 9.71. The second-order valence-corrected chi connectivity index (χ2v) is 4.80. The van der Waals surface area contributed by atoms with Crippen LogP contribution in [0.5, 0.6) is 0 Å². The van der Waals surface area contributed by atoms with Gasteiger partial charge < -0.3 is 5.73 Å². The molecule has 2 N–H and O–H groups in total. The molecule has 3 unspecified atom stereocenters. The summed E-state index contributed by atoms with van der Waals surface area (Å²) >= 11 is 0. The second-order valence-electron chi connectivity index (χ2n) is 4.80. The summed E-state index contributed by atoms with van der Waals surface area (Å²) in [6.45, 7) is 2.25. The van der Waals surface area contributed by atoms with Crippen LogP contribution in [0.2, 0.25) is 0 Å². The van der Waals surface area contributed by atoms with E-state index in [2.05, 4.69) is 6.92 Å². The van der Waals surface area contributed by atoms with Gasteiger partial charge in [-0.25, -0.2) is 0 Å². The van der Waals surface area contributed by atoms with Crippen molar-refractivity contribution in [1.82, 2.24) is 0 Å². The summed E-state index contributed by atoms with van der Waals surface area (Å²) in [7, 11) is 0. The Balaban J connectivity index is 2.21. The van der Waals surface area contributed by atoms with Gasteiger partial charge in [0.05, 0.1) is 0 Å². The van der Waals surface area contributed by atoms with Gasteiger partial charge in [-0.15, -0.1) is 0 Å². The number of primary amides is 1. The van der Waals surface area contributed by atoms with E-state index >= 15 is 0 Å². The number of carbonyl (C=O) groups excluding carboxylic acids is 1. The Kier molecular flexibility index (Phi) is 1.67. The van der Waals surface area contributed by atoms with E-state index in [1.807, 2.05) is 0 Å². The van der Waals surface area contributed by atoms with Crippen molar-refractivity contribution >= 4 is 5.91 Å². The van der Waals surface area contributed by atoms with Crippen LogP contribution in [-0.2, 0) is 4.79 Å². The van der Waals surface area contributed by atoms with E-state index in [9.17, 15) is 4.79 Å². The van der Waals surface area contributed by atoms with E-state index in [-0.39, 0.29) is 11.3 Å². The van der Waals surface area contributed by atoms with Gasteiger partial charge in [0.15, 0.2) is 0 Å². The first kappa shape index (κ1) is 8.09. The molecule has 2 bridgehead atoms. The summed E-state index contributed by atoms with van der Waals surface area (Å²) in [4.78, 5) is 11.3. The zero-order chi connectivity index (χ0) is 8.77. The van der Waals surface area contributed by atoms with Gasteiger partial charge in [0, 0.05) is 5.41 Å². The van der Waals surface area contributed by atoms with Gasteiger partial charge in [-0.3, -0.25) is 4.79 Å². The minimum Gasteiger partial charge on any atom is -0.369 e. The van der Waals surface area contributed by atoms with Gasteiger partial charge in [-0.2, -0.15) is 0 Å². The van der Waals surface area contributed by atoms with Crippen molar-refractivity contribution in [2.75, 3.05) is 0 Å². The molecule has 0 aromatic rings. The van der Waals surface area contributed by atoms with Crippen molar-refractivity contribution in [2.24, 2.45) is 23.0 Å². The van der Waals surface area contributed by atoms with Crippen molar-refractivity contribution in [1.29, 1.82) is 0 Å². The monoisotopic (exact) mass is 167 g/mol. The Morgan fingerprint density at radius 1 is 1.50 bits per heavy atom. The summed E-state index contributed by atoms with van der Waals surface area (Å²) in [6, 6.07) is 0. The molecule has 0 heterocycles. The average molecular weight is 167 g/mol. The van der Waals surface area contributed by atoms with Crippen molar-refractivity contribution in [3.05, 3.63) is 0 Å². The molecule has 2 aliphatic carbocycles. The van der Waals surface area contributed by atoms with E-state index in [0.717, 1.165) is 25.2 Å². The number of rotatable bonds is 1. The quantitative estimate of drug-likeness (QED) is 0.634. The van der Waals surface area contributed by atoms with Gasteiger partial charge >= 0.3 is 0 Å². The molecule has 1 amide bonds. The predicted molar refractivity (Wildman–Crippen MR) is 47.4 cm³/mol. The first-order valence-electron chi connectivity index (χ1n) is 4.92. The Labute approximate surface area is 73.5 Å². The van der Waals surface area contributed by atoms with Crippen LogP contribution in [0.3, 0.4) is 0 Å². The van der Waals surface area contributed by atoms with Gasteiger partial charge in [0.2, 0.25) is 5.91 Å². The molecule has 0 aromatic carbocycles. The highest BCUT2D eigenvalue weighted by Gasteiger charge is 2.48. The van der Waals surface area contributed by atoms with Crippen molar-refractivity contribution in [3.8, 4) is 0 Å². The fraction of sp³-hybridized carbons (Fsp3) is 0.900. The Bertz CT molecular complexity index is 214. The highest BCUT2D eigenvalue weighted by atomic mass is 16.1. The molecule has 0 spiro atoms. The van der Waals surface area contributed by atoms with Gasteiger partial charge in [0.25, 0.3) is 0 Å². The summed E-state index contributed by atoms with van der Waals surface area (Å²) < 4.78 is 0. The summed E-state index contributed by atoms with van der Waals surface area (Å²) in [5.74, 6) is 1.46. The third-order valence-corrected chi connectivity index (χ3v) is 3.71. The number of hydrogen-bond acceptors (Lipinski definition) is 1. The first-order chi connectivity index (χ1) is 5.62. The van der Waals surface area contributed by atoms with Crippen molar-refractivity contribution in [3.63, 3.8) is 0 Å². The normalized spacial score (nSPS) is 46.1. The average Bonchev–Trinajstić information content (AvgIpc) is 2.28. The predicted octanol–water partition coefficient (Wildman–Crippen LogP) is 1.69. The zero-order valence-corrected chi connectivity index (χ0v) is 7.68. The van der Waals surface area contributed by atoms with Gasteiger partial charge in [-0.1, -0.05) is 6.92 Å². The van der Waals surface area contributed by atoms with Crippen LogP contribution in [0.15, 0.2) is 0 Å². The van der Waals surface area contributed by atoms with Crippen LogP contribution in [0.1, 0.15) is 39.0 Å². The largest absolute Gasteiger partial charge is 0.369 e. The number of carbonyl (C=O) groups is 1. The third-order valence-electron chi connectivity index (χ3n) is 3.71. The third kappa shape index (κ3) is 1.05. The molecule has 0 aliphatic heterocycles. The number of fused-ring (bicyclic) bond motifs is 2. The maximum Gasteiger partial charge on any atom is 0.223 e. The summed E-state index contributed by atoms with van der Waals surface area (Å²) in [6.07, 6.45) is 5.71. The van der Waals surface area contributed by atoms with E-state index < -0.39 is 0 Å². The molecular weight excluding hydrogens is 150 g/mol. The first-order valence-corrected chi connectivity index (χ1v) is 4.92. The standard InChI is InChI=1S/C10H17NO/c1-7-4-8-2-3-10(5-7,6-8)9(11)12/h7-8H,2-6H2,1H3,(H2,11,12). The number of amides is 1. The SMILES string of the molecule is CC1CC2CCC(C(N)=O)(C1)C2. The number of hydrogen-bond donors (Lipinski definition) is 1. The fourth-order valence-corrected chi connectivity index (χ4v) is 3.27. The van der Waals surface area contributed by atoms with E-state index in [1.54, 1.807) is 0 Å². The van der Waals surface area contributed by atoms with Crippen LogP contribution in [0.4, 0.5) is 0 Å². The van der Waals surface area contributed by atoms with Crippen LogP contribution in [0, 0.1) is 17.3 Å². The van der Waals surface area contributed by atoms with Gasteiger partial charge in [-0.05, 0) is 43.9 Å². The Hall–Kier alpha value is -0.530. The highest BCUT2D eigenvalue weighted by molar-refractivity contribution is 5.81. The second kappa shape index (κ2) is 2.48. The molecule has 2 rings (SSSR count). The van der Waals surface area contributed by atoms with E-state index in [1.165, 1.54) is 12.8 Å². The lowest BCUT2D eigenvalue weighted by Gasteiger charge is -2.33. The van der Waals surface area contributed by atoms with Crippen molar-refractivity contribution in [2.45, 2.75) is 39.0 Å². The fourth-order valence-electron chi connectivity index (χ4n) is 3.27. The number of nitrogens with two attached hydrogens (primary N) is 1. The summed E-state index contributed by atoms with van der Waals surface area (Å²) in [5, 5.41) is 0. The molecule has 0 saturated heterocycles. The van der Waals surface area contributed by atoms with Crippen molar-refractivity contribution < 1.29 is 4.79 Å². The summed E-state index contributed by atoms with van der Waals surface area (Å²) in [5.41, 5.74) is 5.37. The Morgan fingerprint density at radius 2 is 2.25 bits per heavy atom. The topological polar surface area (TPSA) is 43.1 Å². The molecule has 0 radical (unpaired) electrons. The van der Waals surface area contributed by atoms with E-state index in [0.29, 0.717) is 5.92 Å². The molecule has 0 aromatic heterocycles. The molecule has 2 fully saturated rings. The molecule has 12 heavy (non-hydrogen) atoms. The van der Waals surface area contributed by atoms with Crippen LogP contribution in [-0.4, -0.2) is 5.91 Å². The maximum absolute atomic E-state index is 11.3. The molecule has 2 nitrogen and oxygen atoms in total.